The molecule has 0 radical (unpaired) electrons. The van der Waals surface area contributed by atoms with Gasteiger partial charge < -0.3 is 19.1 Å². The Balaban J connectivity index is 1.81. The third kappa shape index (κ3) is 2.44. The van der Waals surface area contributed by atoms with Crippen molar-refractivity contribution in [1.82, 2.24) is 9.88 Å². The Labute approximate surface area is 140 Å². The molecule has 0 spiro atoms. The number of fused-ring (bicyclic) bond motifs is 1. The molecule has 2 aromatic rings. The number of aromatic nitrogens is 1. The van der Waals surface area contributed by atoms with E-state index in [1.807, 2.05) is 17.0 Å². The molecule has 24 heavy (non-hydrogen) atoms. The summed E-state index contributed by atoms with van der Waals surface area (Å²) in [6.45, 7) is 1.78. The van der Waals surface area contributed by atoms with E-state index in [0.29, 0.717) is 28.5 Å². The monoisotopic (exact) mass is 326 g/mol. The molecule has 1 fully saturated rings. The molecule has 0 saturated carbocycles. The van der Waals surface area contributed by atoms with Crippen molar-refractivity contribution < 1.29 is 19.0 Å². The number of pyridine rings is 1. The van der Waals surface area contributed by atoms with E-state index in [4.69, 9.17) is 14.2 Å². The Morgan fingerprint density at radius 2 is 1.96 bits per heavy atom. The van der Waals surface area contributed by atoms with Gasteiger partial charge in [0.2, 0.25) is 6.79 Å². The Bertz CT molecular complexity index is 785. The van der Waals surface area contributed by atoms with Gasteiger partial charge in [-0.2, -0.15) is 0 Å². The maximum Gasteiger partial charge on any atom is 0.256 e. The summed E-state index contributed by atoms with van der Waals surface area (Å²) < 4.78 is 16.3. The van der Waals surface area contributed by atoms with Crippen LogP contribution >= 0.6 is 0 Å². The van der Waals surface area contributed by atoms with E-state index in [1.165, 1.54) is 0 Å². The summed E-state index contributed by atoms with van der Waals surface area (Å²) in [6, 6.07) is 7.19. The van der Waals surface area contributed by atoms with E-state index in [-0.39, 0.29) is 12.7 Å². The lowest BCUT2D eigenvalue weighted by atomic mass is 10.0. The number of nitrogens with zero attached hydrogens (tertiary/aromatic N) is 2. The summed E-state index contributed by atoms with van der Waals surface area (Å²) >= 11 is 0. The highest BCUT2D eigenvalue weighted by molar-refractivity contribution is 6.00. The molecule has 0 atom stereocenters. The molecule has 124 valence electrons. The fourth-order valence-electron chi connectivity index (χ4n) is 3.16. The van der Waals surface area contributed by atoms with Crippen molar-refractivity contribution in [3.63, 3.8) is 0 Å². The first kappa shape index (κ1) is 14.8. The van der Waals surface area contributed by atoms with Gasteiger partial charge in [-0.15, -0.1) is 0 Å². The van der Waals surface area contributed by atoms with E-state index in [0.717, 1.165) is 31.5 Å². The zero-order chi connectivity index (χ0) is 16.5. The van der Waals surface area contributed by atoms with E-state index in [2.05, 4.69) is 4.98 Å². The molecule has 0 bridgehead atoms. The largest absolute Gasteiger partial charge is 0.496 e. The third-order valence-electron chi connectivity index (χ3n) is 4.38. The number of rotatable bonds is 3. The number of hydrogen-bond acceptors (Lipinski definition) is 5. The Kier molecular flexibility index (Phi) is 3.72. The highest BCUT2D eigenvalue weighted by Crippen LogP contribution is 2.42. The summed E-state index contributed by atoms with van der Waals surface area (Å²) in [6.07, 6.45) is 3.78. The minimum absolute atomic E-state index is 0.00956. The first-order valence-corrected chi connectivity index (χ1v) is 8.00. The molecule has 0 unspecified atom stereocenters. The fraction of sp³-hybridized carbons (Fsp3) is 0.333. The lowest BCUT2D eigenvalue weighted by Gasteiger charge is -2.18. The second kappa shape index (κ2) is 6.03. The SMILES string of the molecule is COc1cc2c(cc1-c1ncccc1C(=O)N1CCCC1)OCO2. The first-order valence-electron chi connectivity index (χ1n) is 8.00. The zero-order valence-corrected chi connectivity index (χ0v) is 13.4. The lowest BCUT2D eigenvalue weighted by Crippen LogP contribution is -2.28. The van der Waals surface area contributed by atoms with Crippen molar-refractivity contribution in [2.24, 2.45) is 0 Å². The van der Waals surface area contributed by atoms with E-state index >= 15 is 0 Å². The van der Waals surface area contributed by atoms with Crippen molar-refractivity contribution in [1.29, 1.82) is 0 Å². The fourth-order valence-corrected chi connectivity index (χ4v) is 3.16. The zero-order valence-electron chi connectivity index (χ0n) is 13.4. The Hall–Kier alpha value is -2.76. The van der Waals surface area contributed by atoms with E-state index < -0.39 is 0 Å². The van der Waals surface area contributed by atoms with Crippen LogP contribution in [-0.2, 0) is 0 Å². The van der Waals surface area contributed by atoms with Crippen LogP contribution < -0.4 is 14.2 Å². The van der Waals surface area contributed by atoms with Gasteiger partial charge in [-0.25, -0.2) is 0 Å². The summed E-state index contributed by atoms with van der Waals surface area (Å²) in [7, 11) is 1.59. The van der Waals surface area contributed by atoms with Crippen molar-refractivity contribution in [2.45, 2.75) is 12.8 Å². The van der Waals surface area contributed by atoms with Crippen LogP contribution in [-0.4, -0.2) is 42.8 Å². The molecule has 1 saturated heterocycles. The van der Waals surface area contributed by atoms with Gasteiger partial charge in [-0.1, -0.05) is 0 Å². The van der Waals surface area contributed by atoms with Gasteiger partial charge >= 0.3 is 0 Å². The van der Waals surface area contributed by atoms with Crippen molar-refractivity contribution >= 4 is 5.91 Å². The molecule has 6 heteroatoms. The predicted octanol–water partition coefficient (Wildman–Crippen LogP) is 2.72. The van der Waals surface area contributed by atoms with Crippen molar-refractivity contribution in [3.05, 3.63) is 36.0 Å². The highest BCUT2D eigenvalue weighted by Gasteiger charge is 2.26. The van der Waals surface area contributed by atoms with Crippen LogP contribution in [0.4, 0.5) is 0 Å². The van der Waals surface area contributed by atoms with Gasteiger partial charge in [0.25, 0.3) is 5.91 Å². The number of benzene rings is 1. The van der Waals surface area contributed by atoms with Crippen LogP contribution in [0.5, 0.6) is 17.2 Å². The van der Waals surface area contributed by atoms with Crippen LogP contribution in [0, 0.1) is 0 Å². The molecular weight excluding hydrogens is 308 g/mol. The molecule has 2 aliphatic rings. The van der Waals surface area contributed by atoms with Crippen LogP contribution in [0.25, 0.3) is 11.3 Å². The van der Waals surface area contributed by atoms with Crippen molar-refractivity contribution in [3.8, 4) is 28.5 Å². The second-order valence-electron chi connectivity index (χ2n) is 5.80. The predicted molar refractivity (Wildman–Crippen MR) is 87.5 cm³/mol. The van der Waals surface area contributed by atoms with Gasteiger partial charge in [0.15, 0.2) is 11.5 Å². The number of ether oxygens (including phenoxy) is 3. The van der Waals surface area contributed by atoms with Gasteiger partial charge in [0, 0.05) is 30.9 Å². The average Bonchev–Trinajstić information content (AvgIpc) is 3.31. The number of amides is 1. The maximum absolute atomic E-state index is 12.9. The molecular formula is C18H18N2O4. The number of hydrogen-bond donors (Lipinski definition) is 0. The molecule has 4 rings (SSSR count). The normalized spacial score (nSPS) is 15.6. The summed E-state index contributed by atoms with van der Waals surface area (Å²) in [4.78, 5) is 19.2. The highest BCUT2D eigenvalue weighted by atomic mass is 16.7. The minimum atomic E-state index is 0.00956. The molecule has 2 aliphatic heterocycles. The maximum atomic E-state index is 12.9. The van der Waals surface area contributed by atoms with Crippen LogP contribution in [0.3, 0.4) is 0 Å². The molecule has 0 aliphatic carbocycles. The number of carbonyl (C=O) groups is 1. The molecule has 0 N–H and O–H groups in total. The minimum Gasteiger partial charge on any atom is -0.496 e. The topological polar surface area (TPSA) is 60.9 Å². The number of likely N-dealkylation sites (tertiary alicyclic amines) is 1. The Morgan fingerprint density at radius 3 is 2.71 bits per heavy atom. The summed E-state index contributed by atoms with van der Waals surface area (Å²) in [5.41, 5.74) is 1.91. The Morgan fingerprint density at radius 1 is 1.21 bits per heavy atom. The number of carbonyl (C=O) groups excluding carboxylic acids is 1. The molecule has 1 aromatic heterocycles. The van der Waals surface area contributed by atoms with E-state index in [9.17, 15) is 4.79 Å². The second-order valence-corrected chi connectivity index (χ2v) is 5.80. The molecule has 6 nitrogen and oxygen atoms in total. The van der Waals surface area contributed by atoms with Crippen LogP contribution in [0.1, 0.15) is 23.2 Å². The van der Waals surface area contributed by atoms with E-state index in [1.54, 1.807) is 25.4 Å². The van der Waals surface area contributed by atoms with Gasteiger partial charge in [0.1, 0.15) is 5.75 Å². The standard InChI is InChI=1S/C18H18N2O4/c1-22-14-10-16-15(23-11-24-16)9-13(14)17-12(5-4-6-19-17)18(21)20-7-2-3-8-20/h4-6,9-10H,2-3,7-8,11H2,1H3. The van der Waals surface area contributed by atoms with Crippen LogP contribution in [0.2, 0.25) is 0 Å². The van der Waals surface area contributed by atoms with Crippen molar-refractivity contribution in [2.75, 3.05) is 27.0 Å². The van der Waals surface area contributed by atoms with Gasteiger partial charge in [0.05, 0.1) is 18.4 Å². The van der Waals surface area contributed by atoms with Crippen LogP contribution in [0.15, 0.2) is 30.5 Å². The first-order chi connectivity index (χ1) is 11.8. The molecule has 3 heterocycles. The van der Waals surface area contributed by atoms with Gasteiger partial charge in [-0.05, 0) is 31.0 Å². The summed E-state index contributed by atoms with van der Waals surface area (Å²) in [5.74, 6) is 1.89. The molecule has 1 aromatic carbocycles. The summed E-state index contributed by atoms with van der Waals surface area (Å²) in [5, 5.41) is 0. The number of methoxy groups -OCH3 is 1. The third-order valence-corrected chi connectivity index (χ3v) is 4.38. The quantitative estimate of drug-likeness (QED) is 0.868. The average molecular weight is 326 g/mol. The molecule has 1 amide bonds. The lowest BCUT2D eigenvalue weighted by molar-refractivity contribution is 0.0793. The smallest absolute Gasteiger partial charge is 0.256 e. The van der Waals surface area contributed by atoms with Gasteiger partial charge in [-0.3, -0.25) is 9.78 Å².